The lowest BCUT2D eigenvalue weighted by atomic mass is 9.82. The quantitative estimate of drug-likeness (QED) is 0.481. The van der Waals surface area contributed by atoms with Crippen molar-refractivity contribution in [2.45, 2.75) is 36.9 Å². The van der Waals surface area contributed by atoms with Crippen LogP contribution in [0.4, 0.5) is 0 Å². The van der Waals surface area contributed by atoms with E-state index in [2.05, 4.69) is 0 Å². The van der Waals surface area contributed by atoms with Crippen molar-refractivity contribution < 1.29 is 0 Å². The Hall–Kier alpha value is 0.434. The monoisotopic (exact) mass is 165 g/mol. The predicted molar refractivity (Wildman–Crippen MR) is 45.7 cm³/mol. The zero-order valence-corrected chi connectivity index (χ0v) is 8.27. The second-order valence-corrected chi connectivity index (χ2v) is 10.4. The molecule has 0 aromatic rings. The Balaban J connectivity index is 1.90. The minimum Gasteiger partial charge on any atom is -0.0586 e. The first kappa shape index (κ1) is 6.01. The summed E-state index contributed by atoms with van der Waals surface area (Å²) in [6.45, 7) is 0. The van der Waals surface area contributed by atoms with Crippen LogP contribution < -0.4 is 0 Å². The van der Waals surface area contributed by atoms with Crippen molar-refractivity contribution >= 4 is 17.4 Å². The molecule has 53 valence electrons. The molecule has 4 aliphatic rings. The first-order valence-electron chi connectivity index (χ1n) is 4.51. The molecular weight excluding hydrogens is 152 g/mol. The van der Waals surface area contributed by atoms with Gasteiger partial charge < -0.3 is 0 Å². The Kier molecular flexibility index (Phi) is 1.19. The summed E-state index contributed by atoms with van der Waals surface area (Å²) in [6, 6.07) is 3.44. The van der Waals surface area contributed by atoms with Crippen LogP contribution in [0.1, 0.15) is 19.3 Å². The molecule has 1 aliphatic carbocycles. The lowest BCUT2D eigenvalue weighted by Gasteiger charge is -2.48. The summed E-state index contributed by atoms with van der Waals surface area (Å²) in [6.07, 6.45) is 4.92. The molecule has 3 heterocycles. The maximum atomic E-state index is 1.72. The van der Waals surface area contributed by atoms with E-state index >= 15 is 0 Å². The van der Waals surface area contributed by atoms with Crippen LogP contribution >= 0.6 is 0 Å². The van der Waals surface area contributed by atoms with Gasteiger partial charge in [0.2, 0.25) is 0 Å². The van der Waals surface area contributed by atoms with Gasteiger partial charge in [0.05, 0.1) is 0 Å². The average molecular weight is 165 g/mol. The molecule has 3 saturated heterocycles. The third-order valence-electron chi connectivity index (χ3n) is 3.38. The Morgan fingerprint density at radius 1 is 1.00 bits per heavy atom. The van der Waals surface area contributed by atoms with Crippen LogP contribution in [-0.2, 0) is 0 Å². The Bertz CT molecular complexity index is 98.8. The van der Waals surface area contributed by atoms with Gasteiger partial charge in [-0.15, -0.1) is 0 Å². The molecule has 0 aromatic carbocycles. The van der Waals surface area contributed by atoms with E-state index in [1.165, 1.54) is 26.4 Å². The average Bonchev–Trinajstić information content (AvgIpc) is 1.82. The van der Waals surface area contributed by atoms with Crippen LogP contribution in [0.5, 0.6) is 0 Å². The van der Waals surface area contributed by atoms with Crippen molar-refractivity contribution in [1.82, 2.24) is 0 Å². The van der Waals surface area contributed by atoms with Crippen LogP contribution in [0.25, 0.3) is 0 Å². The van der Waals surface area contributed by atoms with E-state index in [0.717, 1.165) is 0 Å². The van der Waals surface area contributed by atoms with E-state index in [4.69, 9.17) is 0 Å². The minimum absolute atomic E-state index is 0.280. The van der Waals surface area contributed by atoms with E-state index in [-0.39, 0.29) is 8.31 Å². The van der Waals surface area contributed by atoms with Gasteiger partial charge in [0, 0.05) is 17.4 Å². The summed E-state index contributed by atoms with van der Waals surface area (Å²) in [5.74, 6) is 2.46. The molecule has 10 heavy (non-hydrogen) atoms. The zero-order chi connectivity index (χ0) is 6.55. The zero-order valence-electron chi connectivity index (χ0n) is 6.27. The van der Waals surface area contributed by atoms with Crippen molar-refractivity contribution in [1.29, 1.82) is 0 Å². The first-order valence-corrected chi connectivity index (χ1v) is 8.50. The van der Waals surface area contributed by atoms with Gasteiger partial charge in [0.15, 0.2) is 0 Å². The third kappa shape index (κ3) is 0.781. The Morgan fingerprint density at radius 3 is 2.20 bits per heavy atom. The third-order valence-corrected chi connectivity index (χ3v) is 10.5. The minimum atomic E-state index is 0.280. The van der Waals surface area contributed by atoms with Crippen LogP contribution in [0.2, 0.25) is 17.6 Å². The van der Waals surface area contributed by atoms with E-state index in [1.807, 2.05) is 0 Å². The molecule has 0 aromatic heterocycles. The van der Waals surface area contributed by atoms with Crippen LogP contribution in [0.15, 0.2) is 0 Å². The fourth-order valence-electron chi connectivity index (χ4n) is 3.20. The number of rotatable bonds is 0. The molecule has 0 amide bonds. The lowest BCUT2D eigenvalue weighted by molar-refractivity contribution is 0.275. The molecule has 4 fully saturated rings. The molecule has 2 unspecified atom stereocenters. The van der Waals surface area contributed by atoms with Crippen LogP contribution in [-0.4, -0.2) is 17.4 Å². The summed E-state index contributed by atoms with van der Waals surface area (Å²) in [4.78, 5) is 0. The Morgan fingerprint density at radius 2 is 1.70 bits per heavy atom. The predicted octanol–water partition coefficient (Wildman–Crippen LogP) is 1.91. The van der Waals surface area contributed by atoms with E-state index in [9.17, 15) is 0 Å². The molecule has 0 nitrogen and oxygen atoms in total. The standard InChI is InChI=1S/C8H13Si2/c1-6-2-8-3-7(1)5-10(4-6)9-8/h6-8H,1-5H2. The summed E-state index contributed by atoms with van der Waals surface area (Å²) in [7, 11) is 1.75. The van der Waals surface area contributed by atoms with E-state index in [0.29, 0.717) is 0 Å². The molecular formula is C8H13Si2. The largest absolute Gasteiger partial charge is 0.0586 e. The summed E-state index contributed by atoms with van der Waals surface area (Å²) in [5, 5.41) is 0. The summed E-state index contributed by atoms with van der Waals surface area (Å²) < 4.78 is 0. The van der Waals surface area contributed by atoms with Gasteiger partial charge >= 0.3 is 0 Å². The summed E-state index contributed by atoms with van der Waals surface area (Å²) in [5.41, 5.74) is 1.25. The van der Waals surface area contributed by atoms with Gasteiger partial charge in [0.1, 0.15) is 0 Å². The highest BCUT2D eigenvalue weighted by atomic mass is 29.2. The first-order chi connectivity index (χ1) is 4.90. The van der Waals surface area contributed by atoms with Gasteiger partial charge in [-0.05, 0) is 18.3 Å². The highest BCUT2D eigenvalue weighted by molar-refractivity contribution is 7.13. The number of hydrogen-bond donors (Lipinski definition) is 0. The fraction of sp³-hybridized carbons (Fsp3) is 1.00. The second-order valence-electron chi connectivity index (χ2n) is 4.29. The number of hydrogen-bond acceptors (Lipinski definition) is 0. The smallest absolute Gasteiger partial charge is 0.0352 e. The van der Waals surface area contributed by atoms with Crippen molar-refractivity contribution in [2.24, 2.45) is 11.8 Å². The van der Waals surface area contributed by atoms with Crippen LogP contribution in [0, 0.1) is 11.8 Å². The van der Waals surface area contributed by atoms with Crippen molar-refractivity contribution in [2.75, 3.05) is 0 Å². The van der Waals surface area contributed by atoms with Gasteiger partial charge in [-0.1, -0.05) is 30.5 Å². The molecule has 0 spiro atoms. The van der Waals surface area contributed by atoms with E-state index in [1.54, 1.807) is 31.4 Å². The van der Waals surface area contributed by atoms with Gasteiger partial charge in [-0.3, -0.25) is 0 Å². The molecule has 1 saturated carbocycles. The SMILES string of the molecule is C1C2CC3CC1C[Si](C2)[Si]3. The Labute approximate surface area is 66.6 Å². The molecule has 4 rings (SSSR count). The second kappa shape index (κ2) is 1.97. The maximum absolute atomic E-state index is 1.72. The molecule has 2 heteroatoms. The molecule has 2 atom stereocenters. The van der Waals surface area contributed by atoms with Gasteiger partial charge in [0.25, 0.3) is 0 Å². The van der Waals surface area contributed by atoms with E-state index < -0.39 is 0 Å². The van der Waals surface area contributed by atoms with Crippen molar-refractivity contribution in [3.05, 3.63) is 0 Å². The van der Waals surface area contributed by atoms with Crippen molar-refractivity contribution in [3.8, 4) is 0 Å². The topological polar surface area (TPSA) is 0 Å². The van der Waals surface area contributed by atoms with Crippen LogP contribution in [0.3, 0.4) is 0 Å². The van der Waals surface area contributed by atoms with Gasteiger partial charge in [-0.2, -0.15) is 0 Å². The molecule has 0 N–H and O–H groups in total. The summed E-state index contributed by atoms with van der Waals surface area (Å²) >= 11 is 0. The fourth-order valence-corrected chi connectivity index (χ4v) is 12.0. The highest BCUT2D eigenvalue weighted by Crippen LogP contribution is 2.50. The maximum Gasteiger partial charge on any atom is 0.0352 e. The highest BCUT2D eigenvalue weighted by Gasteiger charge is 2.42. The van der Waals surface area contributed by atoms with Gasteiger partial charge in [-0.25, -0.2) is 0 Å². The van der Waals surface area contributed by atoms with Crippen molar-refractivity contribution in [3.63, 3.8) is 0 Å². The molecule has 3 radical (unpaired) electrons. The lowest BCUT2D eigenvalue weighted by Crippen LogP contribution is -2.46. The molecule has 3 aliphatic heterocycles. The normalized spacial score (nSPS) is 52.2. The molecule has 4 bridgehead atoms.